The summed E-state index contributed by atoms with van der Waals surface area (Å²) in [4.78, 5) is 29.6. The summed E-state index contributed by atoms with van der Waals surface area (Å²) < 4.78 is 5.23. The van der Waals surface area contributed by atoms with Gasteiger partial charge in [0.1, 0.15) is 5.75 Å². The Morgan fingerprint density at radius 1 is 0.931 bits per heavy atom. The second kappa shape index (κ2) is 8.64. The topological polar surface area (TPSA) is 46.6 Å². The van der Waals surface area contributed by atoms with E-state index < -0.39 is 0 Å². The zero-order valence-corrected chi connectivity index (χ0v) is 17.8. The largest absolute Gasteiger partial charge is 0.497 e. The molecule has 1 aliphatic heterocycles. The van der Waals surface area contributed by atoms with Gasteiger partial charge >= 0.3 is 0 Å². The van der Waals surface area contributed by atoms with Crippen LogP contribution in [0.15, 0.2) is 58.3 Å². The van der Waals surface area contributed by atoms with E-state index in [2.05, 4.69) is 0 Å². The second-order valence-corrected chi connectivity index (χ2v) is 8.78. The van der Waals surface area contributed by atoms with E-state index in [-0.39, 0.29) is 17.9 Å². The lowest BCUT2D eigenvalue weighted by Crippen LogP contribution is -2.42. The molecular weight excluding hydrogens is 406 g/mol. The molecule has 4 rings (SSSR count). The third-order valence-corrected chi connectivity index (χ3v) is 6.77. The van der Waals surface area contributed by atoms with Crippen molar-refractivity contribution in [3.8, 4) is 5.75 Å². The Kier molecular flexibility index (Phi) is 5.97. The van der Waals surface area contributed by atoms with Gasteiger partial charge in [-0.3, -0.25) is 14.5 Å². The predicted molar refractivity (Wildman–Crippen MR) is 116 cm³/mol. The molecule has 0 bridgehead atoms. The van der Waals surface area contributed by atoms with E-state index in [0.29, 0.717) is 21.3 Å². The fourth-order valence-electron chi connectivity index (χ4n) is 3.92. The third-order valence-electron chi connectivity index (χ3n) is 5.42. The van der Waals surface area contributed by atoms with Gasteiger partial charge in [-0.1, -0.05) is 54.8 Å². The van der Waals surface area contributed by atoms with Gasteiger partial charge in [0, 0.05) is 16.0 Å². The van der Waals surface area contributed by atoms with Crippen molar-refractivity contribution in [3.63, 3.8) is 0 Å². The highest BCUT2D eigenvalue weighted by Gasteiger charge is 2.43. The Morgan fingerprint density at radius 3 is 2.21 bits per heavy atom. The average molecular weight is 428 g/mol. The SMILES string of the molecule is COc1ccc(C2=C(Sc3ccc(Cl)cc3)C(=O)N(C3CCCCC3)C2=O)cc1. The summed E-state index contributed by atoms with van der Waals surface area (Å²) in [6.07, 6.45) is 5.04. The van der Waals surface area contributed by atoms with Crippen molar-refractivity contribution in [2.75, 3.05) is 7.11 Å². The molecule has 2 aliphatic rings. The maximum Gasteiger partial charge on any atom is 0.268 e. The number of methoxy groups -OCH3 is 1. The van der Waals surface area contributed by atoms with Gasteiger partial charge in [0.2, 0.25) is 0 Å². The number of benzene rings is 2. The van der Waals surface area contributed by atoms with Crippen molar-refractivity contribution in [2.45, 2.75) is 43.0 Å². The molecule has 1 heterocycles. The van der Waals surface area contributed by atoms with Crippen LogP contribution in [0.1, 0.15) is 37.7 Å². The molecule has 2 aromatic rings. The first kappa shape index (κ1) is 20.0. The number of nitrogens with zero attached hydrogens (tertiary/aromatic N) is 1. The number of ether oxygens (including phenoxy) is 1. The molecule has 0 aromatic heterocycles. The fourth-order valence-corrected chi connectivity index (χ4v) is 5.05. The molecule has 0 atom stereocenters. The van der Waals surface area contributed by atoms with Gasteiger partial charge in [-0.25, -0.2) is 0 Å². The van der Waals surface area contributed by atoms with Crippen LogP contribution in [-0.4, -0.2) is 29.9 Å². The molecule has 1 fully saturated rings. The lowest BCUT2D eigenvalue weighted by atomic mass is 9.94. The predicted octanol–water partition coefficient (Wildman–Crippen LogP) is 5.55. The summed E-state index contributed by atoms with van der Waals surface area (Å²) in [5, 5.41) is 0.636. The Labute approximate surface area is 179 Å². The van der Waals surface area contributed by atoms with Crippen LogP contribution in [0.4, 0.5) is 0 Å². The van der Waals surface area contributed by atoms with E-state index in [1.54, 1.807) is 19.2 Å². The fraction of sp³-hybridized carbons (Fsp3) is 0.304. The number of hydrogen-bond donors (Lipinski definition) is 0. The molecule has 0 unspecified atom stereocenters. The van der Waals surface area contributed by atoms with Crippen molar-refractivity contribution in [1.29, 1.82) is 0 Å². The normalized spacial score (nSPS) is 17.9. The molecule has 1 aliphatic carbocycles. The molecule has 0 N–H and O–H groups in total. The monoisotopic (exact) mass is 427 g/mol. The highest BCUT2D eigenvalue weighted by Crippen LogP contribution is 2.42. The Balaban J connectivity index is 1.74. The van der Waals surface area contributed by atoms with Crippen molar-refractivity contribution in [3.05, 3.63) is 64.0 Å². The first-order valence-corrected chi connectivity index (χ1v) is 11.0. The summed E-state index contributed by atoms with van der Waals surface area (Å²) in [7, 11) is 1.60. The molecule has 2 amide bonds. The van der Waals surface area contributed by atoms with Gasteiger partial charge in [0.25, 0.3) is 11.8 Å². The van der Waals surface area contributed by atoms with Crippen LogP contribution >= 0.6 is 23.4 Å². The minimum absolute atomic E-state index is 0.0136. The third kappa shape index (κ3) is 4.07. The van der Waals surface area contributed by atoms with Gasteiger partial charge in [0.05, 0.1) is 17.6 Å². The second-order valence-electron chi connectivity index (χ2n) is 7.26. The molecule has 2 aromatic carbocycles. The number of imide groups is 1. The van der Waals surface area contributed by atoms with Crippen LogP contribution in [0, 0.1) is 0 Å². The number of rotatable bonds is 5. The zero-order valence-electron chi connectivity index (χ0n) is 16.2. The Morgan fingerprint density at radius 2 is 1.59 bits per heavy atom. The van der Waals surface area contributed by atoms with Crippen LogP contribution < -0.4 is 4.74 Å². The Bertz CT molecular complexity index is 947. The van der Waals surface area contributed by atoms with Crippen molar-refractivity contribution < 1.29 is 14.3 Å². The molecule has 6 heteroatoms. The van der Waals surface area contributed by atoms with Gasteiger partial charge in [-0.15, -0.1) is 0 Å². The molecule has 4 nitrogen and oxygen atoms in total. The average Bonchev–Trinajstić information content (AvgIpc) is 3.00. The molecule has 29 heavy (non-hydrogen) atoms. The quantitative estimate of drug-likeness (QED) is 0.586. The van der Waals surface area contributed by atoms with Crippen LogP contribution in [-0.2, 0) is 9.59 Å². The maximum atomic E-state index is 13.4. The van der Waals surface area contributed by atoms with E-state index in [1.165, 1.54) is 16.7 Å². The lowest BCUT2D eigenvalue weighted by Gasteiger charge is -2.29. The minimum Gasteiger partial charge on any atom is -0.497 e. The minimum atomic E-state index is -0.191. The molecule has 1 saturated carbocycles. The van der Waals surface area contributed by atoms with Crippen LogP contribution in [0.25, 0.3) is 5.57 Å². The first-order chi connectivity index (χ1) is 14.1. The van der Waals surface area contributed by atoms with Gasteiger partial charge < -0.3 is 4.74 Å². The van der Waals surface area contributed by atoms with Gasteiger partial charge in [0.15, 0.2) is 0 Å². The van der Waals surface area contributed by atoms with Crippen molar-refractivity contribution >= 4 is 40.8 Å². The Hall–Kier alpha value is -2.24. The van der Waals surface area contributed by atoms with Gasteiger partial charge in [-0.05, 0) is 54.8 Å². The number of hydrogen-bond acceptors (Lipinski definition) is 4. The van der Waals surface area contributed by atoms with Crippen molar-refractivity contribution in [2.24, 2.45) is 0 Å². The molecular formula is C23H22ClNO3S. The smallest absolute Gasteiger partial charge is 0.268 e. The number of amides is 2. The van der Waals surface area contributed by atoms with Crippen LogP contribution in [0.5, 0.6) is 5.75 Å². The molecule has 0 saturated heterocycles. The number of carbonyl (C=O) groups excluding carboxylic acids is 2. The van der Waals surface area contributed by atoms with E-state index in [1.807, 2.05) is 36.4 Å². The molecule has 150 valence electrons. The summed E-state index contributed by atoms with van der Waals surface area (Å²) >= 11 is 7.33. The van der Waals surface area contributed by atoms with E-state index in [9.17, 15) is 9.59 Å². The van der Waals surface area contributed by atoms with E-state index >= 15 is 0 Å². The number of thioether (sulfide) groups is 1. The summed E-state index contributed by atoms with van der Waals surface area (Å²) in [5.41, 5.74) is 1.21. The lowest BCUT2D eigenvalue weighted by molar-refractivity contribution is -0.139. The number of halogens is 1. The highest BCUT2D eigenvalue weighted by molar-refractivity contribution is 8.04. The molecule has 0 spiro atoms. The zero-order chi connectivity index (χ0) is 20.4. The van der Waals surface area contributed by atoms with E-state index in [0.717, 1.165) is 42.6 Å². The van der Waals surface area contributed by atoms with Crippen LogP contribution in [0.2, 0.25) is 5.02 Å². The van der Waals surface area contributed by atoms with E-state index in [4.69, 9.17) is 16.3 Å². The highest BCUT2D eigenvalue weighted by atomic mass is 35.5. The molecule has 0 radical (unpaired) electrons. The maximum absolute atomic E-state index is 13.4. The first-order valence-electron chi connectivity index (χ1n) is 9.78. The van der Waals surface area contributed by atoms with Crippen molar-refractivity contribution in [1.82, 2.24) is 4.90 Å². The standard InChI is InChI=1S/C23H22ClNO3S/c1-28-18-11-7-15(8-12-18)20-21(29-19-13-9-16(24)10-14-19)23(27)25(22(20)26)17-5-3-2-4-6-17/h7-14,17H,2-6H2,1H3. The van der Waals surface area contributed by atoms with Crippen LogP contribution in [0.3, 0.4) is 0 Å². The summed E-state index contributed by atoms with van der Waals surface area (Å²) in [5.74, 6) is 0.332. The van der Waals surface area contributed by atoms with Gasteiger partial charge in [-0.2, -0.15) is 0 Å². The summed E-state index contributed by atoms with van der Waals surface area (Å²) in [6.45, 7) is 0. The number of carbonyl (C=O) groups is 2. The summed E-state index contributed by atoms with van der Waals surface area (Å²) in [6, 6.07) is 14.6.